The number of fused-ring (bicyclic) bond motifs is 1. The average molecular weight is 324 g/mol. The van der Waals surface area contributed by atoms with Gasteiger partial charge in [0.2, 0.25) is 0 Å². The zero-order chi connectivity index (χ0) is 17.3. The van der Waals surface area contributed by atoms with Crippen molar-refractivity contribution in [3.63, 3.8) is 0 Å². The first-order valence-corrected chi connectivity index (χ1v) is 7.41. The summed E-state index contributed by atoms with van der Waals surface area (Å²) in [5, 5.41) is 9.37. The minimum absolute atomic E-state index is 0.0673. The first-order valence-electron chi connectivity index (χ1n) is 7.41. The Kier molecular flexibility index (Phi) is 3.99. The van der Waals surface area contributed by atoms with Crippen molar-refractivity contribution in [1.82, 2.24) is 20.5 Å². The molecule has 0 saturated heterocycles. The summed E-state index contributed by atoms with van der Waals surface area (Å²) in [6.07, 6.45) is 0. The van der Waals surface area contributed by atoms with Gasteiger partial charge in [0.15, 0.2) is 0 Å². The molecule has 3 N–H and O–H groups in total. The van der Waals surface area contributed by atoms with E-state index in [2.05, 4.69) is 20.5 Å². The van der Waals surface area contributed by atoms with Crippen LogP contribution in [-0.2, 0) is 6.54 Å². The maximum Gasteiger partial charge on any atom is 0.271 e. The maximum atomic E-state index is 12.2. The Morgan fingerprint density at radius 2 is 1.88 bits per heavy atom. The number of aromatic amines is 2. The molecule has 0 atom stereocenters. The van der Waals surface area contributed by atoms with E-state index in [0.29, 0.717) is 5.56 Å². The molecule has 7 heteroatoms. The average Bonchev–Trinajstić information content (AvgIpc) is 2.55. The van der Waals surface area contributed by atoms with E-state index >= 15 is 0 Å². The molecule has 0 aliphatic heterocycles. The van der Waals surface area contributed by atoms with Crippen LogP contribution in [-0.4, -0.2) is 21.1 Å². The number of nitrogens with zero attached hydrogens (tertiary/aromatic N) is 1. The van der Waals surface area contributed by atoms with Crippen molar-refractivity contribution in [3.8, 4) is 0 Å². The zero-order valence-corrected chi connectivity index (χ0v) is 13.3. The molecule has 0 fully saturated rings. The number of benzene rings is 1. The quantitative estimate of drug-likeness (QED) is 0.672. The van der Waals surface area contributed by atoms with Crippen LogP contribution in [0, 0.1) is 13.8 Å². The molecule has 7 nitrogen and oxygen atoms in total. The van der Waals surface area contributed by atoms with E-state index in [4.69, 9.17) is 0 Å². The van der Waals surface area contributed by atoms with Crippen molar-refractivity contribution < 1.29 is 4.79 Å². The van der Waals surface area contributed by atoms with E-state index in [1.54, 1.807) is 6.07 Å². The summed E-state index contributed by atoms with van der Waals surface area (Å²) >= 11 is 0. The van der Waals surface area contributed by atoms with Gasteiger partial charge in [-0.05, 0) is 54.6 Å². The van der Waals surface area contributed by atoms with Crippen molar-refractivity contribution in [1.29, 1.82) is 0 Å². The Morgan fingerprint density at radius 3 is 2.58 bits per heavy atom. The second kappa shape index (κ2) is 6.11. The molecule has 3 aromatic rings. The SMILES string of the molecule is Cc1cc2cc(CNC(=O)c3ccc(=O)[nH]n3)c(=O)[nH]c2cc1C. The highest BCUT2D eigenvalue weighted by Gasteiger charge is 2.09. The normalized spacial score (nSPS) is 10.8. The number of carbonyl (C=O) groups excluding carboxylic acids is 1. The van der Waals surface area contributed by atoms with E-state index in [-0.39, 0.29) is 23.4 Å². The predicted molar refractivity (Wildman–Crippen MR) is 90.1 cm³/mol. The van der Waals surface area contributed by atoms with Gasteiger partial charge in [0.05, 0.1) is 0 Å². The maximum absolute atomic E-state index is 12.2. The third-order valence-electron chi connectivity index (χ3n) is 3.89. The van der Waals surface area contributed by atoms with Gasteiger partial charge in [-0.1, -0.05) is 0 Å². The lowest BCUT2D eigenvalue weighted by Gasteiger charge is -2.07. The molecule has 0 radical (unpaired) electrons. The number of nitrogens with one attached hydrogen (secondary N) is 3. The molecule has 0 aliphatic carbocycles. The Bertz CT molecular complexity index is 1030. The number of amides is 1. The highest BCUT2D eigenvalue weighted by molar-refractivity contribution is 5.92. The second-order valence-corrected chi connectivity index (χ2v) is 5.64. The van der Waals surface area contributed by atoms with Gasteiger partial charge in [0.1, 0.15) is 5.69 Å². The van der Waals surface area contributed by atoms with Crippen LogP contribution < -0.4 is 16.4 Å². The molecule has 0 saturated carbocycles. The van der Waals surface area contributed by atoms with Crippen LogP contribution in [0.2, 0.25) is 0 Å². The first kappa shape index (κ1) is 15.7. The highest BCUT2D eigenvalue weighted by Crippen LogP contribution is 2.17. The summed E-state index contributed by atoms with van der Waals surface area (Å²) in [5.41, 5.74) is 2.89. The molecule has 0 bridgehead atoms. The third kappa shape index (κ3) is 3.10. The molecule has 0 unspecified atom stereocenters. The summed E-state index contributed by atoms with van der Waals surface area (Å²) in [4.78, 5) is 37.9. The highest BCUT2D eigenvalue weighted by atomic mass is 16.2. The van der Waals surface area contributed by atoms with Crippen LogP contribution in [0.25, 0.3) is 10.9 Å². The lowest BCUT2D eigenvalue weighted by atomic mass is 10.0. The molecule has 0 aliphatic rings. The van der Waals surface area contributed by atoms with Crippen molar-refractivity contribution in [2.75, 3.05) is 0 Å². The van der Waals surface area contributed by atoms with Gasteiger partial charge in [0, 0.05) is 23.7 Å². The van der Waals surface area contributed by atoms with Crippen molar-refractivity contribution in [2.24, 2.45) is 0 Å². The van der Waals surface area contributed by atoms with Crippen LogP contribution in [0.1, 0.15) is 27.2 Å². The molecule has 1 aromatic carbocycles. The predicted octanol–water partition coefficient (Wildman–Crippen LogP) is 1.16. The van der Waals surface area contributed by atoms with Gasteiger partial charge >= 0.3 is 0 Å². The van der Waals surface area contributed by atoms with Crippen LogP contribution in [0.5, 0.6) is 0 Å². The second-order valence-electron chi connectivity index (χ2n) is 5.64. The third-order valence-corrected chi connectivity index (χ3v) is 3.89. The zero-order valence-electron chi connectivity index (χ0n) is 13.3. The van der Waals surface area contributed by atoms with E-state index in [0.717, 1.165) is 22.0 Å². The summed E-state index contributed by atoms with van der Waals surface area (Å²) in [6.45, 7) is 4.05. The number of hydrogen-bond donors (Lipinski definition) is 3. The van der Waals surface area contributed by atoms with Crippen molar-refractivity contribution in [2.45, 2.75) is 20.4 Å². The van der Waals surface area contributed by atoms with Crippen molar-refractivity contribution in [3.05, 3.63) is 73.4 Å². The fourth-order valence-electron chi connectivity index (χ4n) is 2.39. The molecule has 2 aromatic heterocycles. The topological polar surface area (TPSA) is 108 Å². The molecular weight excluding hydrogens is 308 g/mol. The molecule has 24 heavy (non-hydrogen) atoms. The molecule has 3 rings (SSSR count). The Hall–Kier alpha value is -3.22. The van der Waals surface area contributed by atoms with Gasteiger partial charge in [-0.25, -0.2) is 5.10 Å². The fourth-order valence-corrected chi connectivity index (χ4v) is 2.39. The molecule has 1 amide bonds. The van der Waals surface area contributed by atoms with Crippen LogP contribution in [0.3, 0.4) is 0 Å². The Morgan fingerprint density at radius 1 is 1.12 bits per heavy atom. The first-order chi connectivity index (χ1) is 11.4. The summed E-state index contributed by atoms with van der Waals surface area (Å²) in [7, 11) is 0. The van der Waals surface area contributed by atoms with E-state index < -0.39 is 5.91 Å². The van der Waals surface area contributed by atoms with Gasteiger partial charge in [-0.3, -0.25) is 14.4 Å². The van der Waals surface area contributed by atoms with Gasteiger partial charge < -0.3 is 10.3 Å². The molecule has 2 heterocycles. The van der Waals surface area contributed by atoms with Gasteiger partial charge in [-0.15, -0.1) is 0 Å². The smallest absolute Gasteiger partial charge is 0.271 e. The summed E-state index contributed by atoms with van der Waals surface area (Å²) in [5.74, 6) is -0.467. The minimum atomic E-state index is -0.467. The standard InChI is InChI=1S/C17H16N4O3/c1-9-5-11-7-12(16(23)19-14(11)6-10(9)2)8-18-17(24)13-3-4-15(22)21-20-13/h3-7H,8H2,1-2H3,(H,18,24)(H,19,23)(H,21,22). The number of carbonyl (C=O) groups is 1. The minimum Gasteiger partial charge on any atom is -0.346 e. The molecular formula is C17H16N4O3. The molecule has 122 valence electrons. The monoisotopic (exact) mass is 324 g/mol. The lowest BCUT2D eigenvalue weighted by Crippen LogP contribution is -2.28. The fraction of sp³-hybridized carbons (Fsp3) is 0.176. The number of aromatic nitrogens is 3. The summed E-state index contributed by atoms with van der Waals surface area (Å²) < 4.78 is 0. The summed E-state index contributed by atoms with van der Waals surface area (Å²) in [6, 6.07) is 8.23. The number of H-pyrrole nitrogens is 2. The van der Waals surface area contributed by atoms with Gasteiger partial charge in [0.25, 0.3) is 17.0 Å². The number of rotatable bonds is 3. The molecule has 0 spiro atoms. The van der Waals surface area contributed by atoms with E-state index in [1.165, 1.54) is 12.1 Å². The van der Waals surface area contributed by atoms with E-state index in [1.807, 2.05) is 26.0 Å². The van der Waals surface area contributed by atoms with Crippen LogP contribution >= 0.6 is 0 Å². The Labute approximate surface area is 136 Å². The number of aryl methyl sites for hydroxylation is 2. The van der Waals surface area contributed by atoms with Gasteiger partial charge in [-0.2, -0.15) is 5.10 Å². The van der Waals surface area contributed by atoms with E-state index in [9.17, 15) is 14.4 Å². The van der Waals surface area contributed by atoms with Crippen molar-refractivity contribution >= 4 is 16.8 Å². The largest absolute Gasteiger partial charge is 0.346 e. The number of hydrogen-bond acceptors (Lipinski definition) is 4. The number of pyridine rings is 1. The van der Waals surface area contributed by atoms with Crippen LogP contribution in [0.15, 0.2) is 39.9 Å². The Balaban J connectivity index is 1.84. The lowest BCUT2D eigenvalue weighted by molar-refractivity contribution is 0.0944. The van der Waals surface area contributed by atoms with Crippen LogP contribution in [0.4, 0.5) is 0 Å².